The molecule has 2 aromatic heterocycles. The lowest BCUT2D eigenvalue weighted by molar-refractivity contribution is -0.0410. The van der Waals surface area contributed by atoms with Crippen LogP contribution in [0.1, 0.15) is 12.2 Å². The van der Waals surface area contributed by atoms with E-state index in [1.807, 2.05) is 17.6 Å². The number of nitrogens with two attached hydrogens (primary N) is 1. The Labute approximate surface area is 161 Å². The number of aromatic nitrogens is 4. The van der Waals surface area contributed by atoms with Crippen LogP contribution in [-0.4, -0.2) is 53.7 Å². The normalized spacial score (nSPS) is 17.0. The highest BCUT2D eigenvalue weighted by atomic mass is 28.3. The second-order valence-electron chi connectivity index (χ2n) is 8.17. The van der Waals surface area contributed by atoms with Gasteiger partial charge in [-0.1, -0.05) is 19.6 Å². The van der Waals surface area contributed by atoms with Gasteiger partial charge in [0.1, 0.15) is 18.4 Å². The van der Waals surface area contributed by atoms with E-state index >= 15 is 0 Å². The molecule has 9 heteroatoms. The van der Waals surface area contributed by atoms with Crippen molar-refractivity contribution in [3.63, 3.8) is 0 Å². The monoisotopic (exact) mass is 390 g/mol. The fraction of sp³-hybridized carbons (Fsp3) is 0.611. The highest BCUT2D eigenvalue weighted by Gasteiger charge is 2.19. The Balaban J connectivity index is 1.66. The predicted octanol–water partition coefficient (Wildman–Crippen LogP) is 2.74. The van der Waals surface area contributed by atoms with Gasteiger partial charge in [0.15, 0.2) is 5.82 Å². The second kappa shape index (κ2) is 8.36. The summed E-state index contributed by atoms with van der Waals surface area (Å²) in [7, 11) is -1.11. The number of anilines is 2. The standard InChI is InChI=1S/C18H30N6O2Si/c1-13-22-23-18(24(13)12-25-7-8-27(2,3)4)14-9-16(19)17(20-10-14)21-11-15-5-6-26-15/h9-10,15H,5-8,11-12,19H2,1-4H3,(H,20,21)/t15-/m0/s1. The van der Waals surface area contributed by atoms with Crippen LogP contribution >= 0.6 is 0 Å². The van der Waals surface area contributed by atoms with E-state index in [2.05, 4.69) is 40.1 Å². The third-order valence-corrected chi connectivity index (χ3v) is 6.32. The van der Waals surface area contributed by atoms with Crippen molar-refractivity contribution >= 4 is 19.6 Å². The van der Waals surface area contributed by atoms with Crippen LogP contribution in [0.25, 0.3) is 11.4 Å². The first-order valence-corrected chi connectivity index (χ1v) is 13.1. The average molecular weight is 391 g/mol. The molecule has 3 rings (SSSR count). The lowest BCUT2D eigenvalue weighted by Gasteiger charge is -2.26. The summed E-state index contributed by atoms with van der Waals surface area (Å²) in [6.45, 7) is 11.7. The summed E-state index contributed by atoms with van der Waals surface area (Å²) in [5, 5.41) is 11.7. The Kier molecular flexibility index (Phi) is 6.13. The molecule has 1 aliphatic rings. The molecule has 0 bridgehead atoms. The fourth-order valence-corrected chi connectivity index (χ4v) is 3.45. The van der Waals surface area contributed by atoms with E-state index in [1.165, 1.54) is 0 Å². The van der Waals surface area contributed by atoms with E-state index < -0.39 is 8.07 Å². The van der Waals surface area contributed by atoms with E-state index in [1.54, 1.807) is 6.20 Å². The number of nitrogens with one attached hydrogen (secondary N) is 1. The van der Waals surface area contributed by atoms with Crippen LogP contribution in [0, 0.1) is 6.92 Å². The molecule has 0 amide bonds. The van der Waals surface area contributed by atoms with Crippen molar-refractivity contribution in [1.82, 2.24) is 19.7 Å². The summed E-state index contributed by atoms with van der Waals surface area (Å²) in [6.07, 6.45) is 3.10. The van der Waals surface area contributed by atoms with Gasteiger partial charge < -0.3 is 20.5 Å². The summed E-state index contributed by atoms with van der Waals surface area (Å²) >= 11 is 0. The number of aryl methyl sites for hydroxylation is 1. The smallest absolute Gasteiger partial charge is 0.167 e. The zero-order valence-electron chi connectivity index (χ0n) is 16.7. The maximum Gasteiger partial charge on any atom is 0.167 e. The van der Waals surface area contributed by atoms with Crippen molar-refractivity contribution in [2.75, 3.05) is 30.8 Å². The number of hydrogen-bond donors (Lipinski definition) is 2. The van der Waals surface area contributed by atoms with Crippen molar-refractivity contribution in [3.05, 3.63) is 18.1 Å². The first-order valence-electron chi connectivity index (χ1n) is 9.42. The number of ether oxygens (including phenoxy) is 2. The molecule has 2 aromatic rings. The Bertz CT molecular complexity index is 770. The van der Waals surface area contributed by atoms with Crippen LogP contribution < -0.4 is 11.1 Å². The van der Waals surface area contributed by atoms with Crippen molar-refractivity contribution in [2.45, 2.75) is 51.9 Å². The third-order valence-electron chi connectivity index (χ3n) is 4.62. The maximum atomic E-state index is 6.18. The molecule has 148 valence electrons. The highest BCUT2D eigenvalue weighted by Crippen LogP contribution is 2.25. The van der Waals surface area contributed by atoms with Crippen molar-refractivity contribution in [1.29, 1.82) is 0 Å². The minimum absolute atomic E-state index is 0.255. The van der Waals surface area contributed by atoms with Gasteiger partial charge in [-0.2, -0.15) is 0 Å². The number of rotatable bonds is 9. The van der Waals surface area contributed by atoms with Gasteiger partial charge in [0.25, 0.3) is 0 Å². The molecule has 0 aliphatic carbocycles. The summed E-state index contributed by atoms with van der Waals surface area (Å²) in [4.78, 5) is 4.46. The molecule has 0 spiro atoms. The summed E-state index contributed by atoms with van der Waals surface area (Å²) in [5.74, 6) is 2.19. The zero-order valence-corrected chi connectivity index (χ0v) is 17.7. The SMILES string of the molecule is Cc1nnc(-c2cnc(NC[C@@H]3CCO3)c(N)c2)n1COCC[Si](C)(C)C. The highest BCUT2D eigenvalue weighted by molar-refractivity contribution is 6.76. The minimum Gasteiger partial charge on any atom is -0.396 e. The van der Waals surface area contributed by atoms with Gasteiger partial charge in [-0.15, -0.1) is 10.2 Å². The van der Waals surface area contributed by atoms with Crippen molar-refractivity contribution in [3.8, 4) is 11.4 Å². The van der Waals surface area contributed by atoms with Crippen LogP contribution in [0.5, 0.6) is 0 Å². The number of pyridine rings is 1. The minimum atomic E-state index is -1.11. The quantitative estimate of drug-likeness (QED) is 0.501. The van der Waals surface area contributed by atoms with E-state index in [0.29, 0.717) is 24.1 Å². The molecule has 1 aliphatic heterocycles. The Morgan fingerprint density at radius 3 is 2.78 bits per heavy atom. The van der Waals surface area contributed by atoms with Gasteiger partial charge in [-0.25, -0.2) is 4.98 Å². The Hall–Kier alpha value is -1.97. The van der Waals surface area contributed by atoms with Crippen LogP contribution in [0.2, 0.25) is 25.7 Å². The zero-order chi connectivity index (χ0) is 19.4. The molecule has 1 saturated heterocycles. The van der Waals surface area contributed by atoms with Gasteiger partial charge in [0.05, 0.1) is 11.8 Å². The van der Waals surface area contributed by atoms with Gasteiger partial charge in [0, 0.05) is 39.6 Å². The van der Waals surface area contributed by atoms with Gasteiger partial charge in [-0.05, 0) is 25.5 Å². The number of hydrogen-bond acceptors (Lipinski definition) is 7. The molecular formula is C18H30N6O2Si. The molecule has 3 N–H and O–H groups in total. The summed E-state index contributed by atoms with van der Waals surface area (Å²) in [5.41, 5.74) is 7.59. The van der Waals surface area contributed by atoms with Gasteiger partial charge in [-0.3, -0.25) is 4.57 Å². The van der Waals surface area contributed by atoms with Gasteiger partial charge >= 0.3 is 0 Å². The van der Waals surface area contributed by atoms with Crippen LogP contribution in [0.4, 0.5) is 11.5 Å². The van der Waals surface area contributed by atoms with Crippen LogP contribution in [-0.2, 0) is 16.2 Å². The lowest BCUT2D eigenvalue weighted by atomic mass is 10.2. The molecule has 0 saturated carbocycles. The second-order valence-corrected chi connectivity index (χ2v) is 13.8. The molecule has 0 aromatic carbocycles. The Morgan fingerprint density at radius 1 is 1.37 bits per heavy atom. The average Bonchev–Trinajstić information content (AvgIpc) is 2.91. The van der Waals surface area contributed by atoms with Crippen LogP contribution in [0.15, 0.2) is 12.3 Å². The molecule has 0 unspecified atom stereocenters. The molecule has 8 nitrogen and oxygen atoms in total. The van der Waals surface area contributed by atoms with Crippen LogP contribution in [0.3, 0.4) is 0 Å². The topological polar surface area (TPSA) is 100 Å². The van der Waals surface area contributed by atoms with Crippen molar-refractivity contribution < 1.29 is 9.47 Å². The van der Waals surface area contributed by atoms with E-state index in [9.17, 15) is 0 Å². The Morgan fingerprint density at radius 2 is 2.15 bits per heavy atom. The largest absolute Gasteiger partial charge is 0.396 e. The molecular weight excluding hydrogens is 360 g/mol. The molecule has 0 radical (unpaired) electrons. The summed E-state index contributed by atoms with van der Waals surface area (Å²) in [6, 6.07) is 3.00. The number of nitrogens with zero attached hydrogens (tertiary/aromatic N) is 4. The molecule has 27 heavy (non-hydrogen) atoms. The van der Waals surface area contributed by atoms with Gasteiger partial charge in [0.2, 0.25) is 0 Å². The first-order chi connectivity index (χ1) is 12.8. The fourth-order valence-electron chi connectivity index (χ4n) is 2.69. The summed E-state index contributed by atoms with van der Waals surface area (Å²) < 4.78 is 13.2. The molecule has 1 fully saturated rings. The first kappa shape index (κ1) is 19.8. The van der Waals surface area contributed by atoms with E-state index in [4.69, 9.17) is 15.2 Å². The van der Waals surface area contributed by atoms with E-state index in [-0.39, 0.29) is 6.10 Å². The van der Waals surface area contributed by atoms with Crippen molar-refractivity contribution in [2.24, 2.45) is 0 Å². The maximum absolute atomic E-state index is 6.18. The lowest BCUT2D eigenvalue weighted by Crippen LogP contribution is -2.33. The molecule has 1 atom stereocenters. The molecule has 3 heterocycles. The predicted molar refractivity (Wildman–Crippen MR) is 109 cm³/mol. The van der Waals surface area contributed by atoms with E-state index in [0.717, 1.165) is 43.6 Å². The third kappa shape index (κ3) is 5.27. The number of nitrogen functional groups attached to an aromatic ring is 1.